The molecule has 33 heavy (non-hydrogen) atoms. The molecule has 1 N–H and O–H groups in total. The maximum atomic E-state index is 15.6. The smallest absolute Gasteiger partial charge is 0.256 e. The number of hydrogen-bond donors (Lipinski definition) is 1. The first-order chi connectivity index (χ1) is 15.9. The summed E-state index contributed by atoms with van der Waals surface area (Å²) in [6.45, 7) is 7.89. The van der Waals surface area contributed by atoms with Gasteiger partial charge in [0.15, 0.2) is 0 Å². The van der Waals surface area contributed by atoms with Gasteiger partial charge in [-0.05, 0) is 36.1 Å². The van der Waals surface area contributed by atoms with E-state index in [0.29, 0.717) is 60.4 Å². The Morgan fingerprint density at radius 2 is 2.12 bits per heavy atom. The molecule has 0 aliphatic carbocycles. The summed E-state index contributed by atoms with van der Waals surface area (Å²) in [4.78, 5) is 31.3. The van der Waals surface area contributed by atoms with Crippen molar-refractivity contribution in [2.75, 3.05) is 26.2 Å². The third kappa shape index (κ3) is 3.61. The molecule has 0 radical (unpaired) electrons. The molecule has 8 heteroatoms. The number of nitrogens with zero attached hydrogens (tertiary/aromatic N) is 2. The van der Waals surface area contributed by atoms with Crippen LogP contribution in [-0.4, -0.2) is 53.0 Å². The van der Waals surface area contributed by atoms with Crippen LogP contribution < -0.4 is 10.3 Å². The number of hydrogen-bond acceptors (Lipinski definition) is 4. The molecule has 2 aliphatic heterocycles. The average Bonchev–Trinajstić information content (AvgIpc) is 2.98. The summed E-state index contributed by atoms with van der Waals surface area (Å²) in [5, 5.41) is 1.25. The lowest BCUT2D eigenvalue weighted by molar-refractivity contribution is -0.129. The van der Waals surface area contributed by atoms with E-state index in [2.05, 4.69) is 16.5 Å². The van der Waals surface area contributed by atoms with E-state index in [9.17, 15) is 9.59 Å². The molecule has 0 saturated carbocycles. The van der Waals surface area contributed by atoms with Gasteiger partial charge in [0.05, 0.1) is 16.5 Å². The van der Waals surface area contributed by atoms with Crippen LogP contribution in [0.5, 0.6) is 5.75 Å². The van der Waals surface area contributed by atoms with Crippen molar-refractivity contribution in [1.82, 2.24) is 14.8 Å². The summed E-state index contributed by atoms with van der Waals surface area (Å²) < 4.78 is 21.7. The zero-order valence-corrected chi connectivity index (χ0v) is 18.9. The lowest BCUT2D eigenvalue weighted by Crippen LogP contribution is -2.55. The molecule has 0 bridgehead atoms. The molecule has 1 amide bonds. The van der Waals surface area contributed by atoms with Crippen LogP contribution in [0.2, 0.25) is 5.02 Å². The van der Waals surface area contributed by atoms with Gasteiger partial charge in [0.1, 0.15) is 18.2 Å². The highest BCUT2D eigenvalue weighted by atomic mass is 35.5. The van der Waals surface area contributed by atoms with E-state index in [1.54, 1.807) is 17.2 Å². The third-order valence-corrected chi connectivity index (χ3v) is 6.90. The monoisotopic (exact) mass is 467 g/mol. The van der Waals surface area contributed by atoms with Gasteiger partial charge >= 0.3 is 0 Å². The molecule has 6 nitrogen and oxygen atoms in total. The number of benzene rings is 2. The maximum absolute atomic E-state index is 15.6. The van der Waals surface area contributed by atoms with Crippen LogP contribution in [0.1, 0.15) is 11.1 Å². The van der Waals surface area contributed by atoms with E-state index in [0.717, 1.165) is 5.56 Å². The van der Waals surface area contributed by atoms with Crippen molar-refractivity contribution >= 4 is 28.3 Å². The van der Waals surface area contributed by atoms with Gasteiger partial charge in [-0.2, -0.15) is 0 Å². The number of halogens is 2. The van der Waals surface area contributed by atoms with Gasteiger partial charge in [0.25, 0.3) is 5.56 Å². The van der Waals surface area contributed by atoms with Crippen molar-refractivity contribution in [1.29, 1.82) is 0 Å². The molecule has 3 aromatic rings. The Morgan fingerprint density at radius 1 is 1.30 bits per heavy atom. The number of fused-ring (bicyclic) bond motifs is 3. The summed E-state index contributed by atoms with van der Waals surface area (Å²) in [5.41, 5.74) is 1.72. The summed E-state index contributed by atoms with van der Waals surface area (Å²) in [5.74, 6) is -0.188. The standard InChI is InChI=1S/C25H23ClFN3O3/c1-3-19(31)30-9-8-29-11-16-10-18(27)22(23(26)24(16)33-13-17(29)12-30)20-14(2)4-5-15-6-7-28-25(32)21(15)20/h3-7,10,17H,1,8-9,11-13H2,2H3,(H,28,32)/t17-/m1/s1. The van der Waals surface area contributed by atoms with Gasteiger partial charge in [0, 0.05) is 49.1 Å². The number of aromatic amines is 1. The van der Waals surface area contributed by atoms with Crippen LogP contribution in [0.25, 0.3) is 21.9 Å². The number of carbonyl (C=O) groups excluding carboxylic acids is 1. The molecule has 1 fully saturated rings. The number of aryl methyl sites for hydroxylation is 1. The molecular weight excluding hydrogens is 445 g/mol. The second-order valence-corrected chi connectivity index (χ2v) is 8.87. The second kappa shape index (κ2) is 8.32. The lowest BCUT2D eigenvalue weighted by atomic mass is 9.93. The van der Waals surface area contributed by atoms with Crippen molar-refractivity contribution in [2.45, 2.75) is 19.5 Å². The highest BCUT2D eigenvalue weighted by Crippen LogP contribution is 2.44. The minimum absolute atomic E-state index is 0.0419. The third-order valence-electron chi connectivity index (χ3n) is 6.54. The number of nitrogens with one attached hydrogen (secondary N) is 1. The predicted molar refractivity (Wildman–Crippen MR) is 126 cm³/mol. The Balaban J connectivity index is 1.60. The highest BCUT2D eigenvalue weighted by Gasteiger charge is 2.34. The normalized spacial score (nSPS) is 18.3. The molecule has 1 atom stereocenters. The van der Waals surface area contributed by atoms with Crippen LogP contribution in [0, 0.1) is 12.7 Å². The molecule has 170 valence electrons. The number of pyridine rings is 1. The minimum atomic E-state index is -0.500. The van der Waals surface area contributed by atoms with Gasteiger partial charge in [-0.3, -0.25) is 14.5 Å². The summed E-state index contributed by atoms with van der Waals surface area (Å²) in [6.07, 6.45) is 2.88. The van der Waals surface area contributed by atoms with Crippen LogP contribution >= 0.6 is 11.6 Å². The Kier molecular flexibility index (Phi) is 5.46. The minimum Gasteiger partial charge on any atom is -0.490 e. The first-order valence-electron chi connectivity index (χ1n) is 10.8. The molecule has 2 aromatic carbocycles. The Bertz CT molecular complexity index is 1350. The Hall–Kier alpha value is -3.16. The topological polar surface area (TPSA) is 65.6 Å². The molecule has 5 rings (SSSR count). The molecule has 0 spiro atoms. The fourth-order valence-corrected chi connectivity index (χ4v) is 5.21. The van der Waals surface area contributed by atoms with E-state index >= 15 is 4.39 Å². The van der Waals surface area contributed by atoms with Crippen molar-refractivity contribution < 1.29 is 13.9 Å². The Labute approximate surface area is 195 Å². The van der Waals surface area contributed by atoms with E-state index in [-0.39, 0.29) is 28.1 Å². The van der Waals surface area contributed by atoms with Crippen LogP contribution in [0.15, 0.2) is 47.9 Å². The Morgan fingerprint density at radius 3 is 2.91 bits per heavy atom. The van der Waals surface area contributed by atoms with E-state index < -0.39 is 5.82 Å². The van der Waals surface area contributed by atoms with Crippen molar-refractivity contribution in [3.63, 3.8) is 0 Å². The largest absolute Gasteiger partial charge is 0.490 e. The fraction of sp³-hybridized carbons (Fsp3) is 0.280. The van der Waals surface area contributed by atoms with Gasteiger partial charge < -0.3 is 14.6 Å². The van der Waals surface area contributed by atoms with Gasteiger partial charge in [-0.1, -0.05) is 30.3 Å². The molecular formula is C25H23ClFN3O3. The van der Waals surface area contributed by atoms with E-state index in [4.69, 9.17) is 16.3 Å². The summed E-state index contributed by atoms with van der Waals surface area (Å²) in [7, 11) is 0. The van der Waals surface area contributed by atoms with Crippen molar-refractivity contribution in [2.24, 2.45) is 0 Å². The molecule has 2 aliphatic rings. The van der Waals surface area contributed by atoms with Gasteiger partial charge in [-0.15, -0.1) is 0 Å². The van der Waals surface area contributed by atoms with E-state index in [1.807, 2.05) is 19.1 Å². The van der Waals surface area contributed by atoms with Crippen LogP contribution in [0.3, 0.4) is 0 Å². The number of aromatic nitrogens is 1. The zero-order chi connectivity index (χ0) is 23.3. The number of carbonyl (C=O) groups is 1. The van der Waals surface area contributed by atoms with Crippen molar-refractivity contribution in [3.8, 4) is 16.9 Å². The summed E-state index contributed by atoms with van der Waals surface area (Å²) >= 11 is 6.79. The van der Waals surface area contributed by atoms with Crippen LogP contribution in [0.4, 0.5) is 4.39 Å². The lowest BCUT2D eigenvalue weighted by Gasteiger charge is -2.39. The average molecular weight is 468 g/mol. The zero-order valence-electron chi connectivity index (χ0n) is 18.2. The van der Waals surface area contributed by atoms with E-state index in [1.165, 1.54) is 12.1 Å². The second-order valence-electron chi connectivity index (χ2n) is 8.49. The van der Waals surface area contributed by atoms with Gasteiger partial charge in [0.2, 0.25) is 5.91 Å². The number of H-pyrrole nitrogens is 1. The first-order valence-corrected chi connectivity index (χ1v) is 11.2. The molecule has 3 heterocycles. The molecule has 0 unspecified atom stereocenters. The number of rotatable bonds is 2. The number of amides is 1. The predicted octanol–water partition coefficient (Wildman–Crippen LogP) is 3.89. The molecule has 1 aromatic heterocycles. The molecule has 1 saturated heterocycles. The summed E-state index contributed by atoms with van der Waals surface area (Å²) in [6, 6.07) is 6.88. The fourth-order valence-electron chi connectivity index (χ4n) is 4.85. The SMILES string of the molecule is C=CC(=O)N1CCN2Cc3cc(F)c(-c4c(C)ccc5cc[nH]c(=O)c45)c(Cl)c3OC[C@H]2C1. The highest BCUT2D eigenvalue weighted by molar-refractivity contribution is 6.35. The maximum Gasteiger partial charge on any atom is 0.256 e. The van der Waals surface area contributed by atoms with Crippen molar-refractivity contribution in [3.05, 3.63) is 75.4 Å². The first kappa shape index (κ1) is 21.7. The van der Waals surface area contributed by atoms with Crippen LogP contribution in [-0.2, 0) is 11.3 Å². The quantitative estimate of drug-likeness (QED) is 0.581. The number of ether oxygens (including phenoxy) is 1. The number of piperazine rings is 1. The van der Waals surface area contributed by atoms with Gasteiger partial charge in [-0.25, -0.2) is 4.39 Å².